The topological polar surface area (TPSA) is 32.7 Å². The Labute approximate surface area is 158 Å². The molecule has 130 valence electrons. The van der Waals surface area contributed by atoms with Crippen LogP contribution in [0, 0.1) is 0 Å². The fraction of sp³-hybridized carbons (Fsp3) is 0.300. The van der Waals surface area contributed by atoms with E-state index in [4.69, 9.17) is 28.2 Å². The van der Waals surface area contributed by atoms with Crippen LogP contribution in [0.4, 0.5) is 5.69 Å². The molecule has 0 saturated heterocycles. The highest BCUT2D eigenvalue weighted by molar-refractivity contribution is 6.31. The van der Waals surface area contributed by atoms with Crippen molar-refractivity contribution in [2.45, 2.75) is 25.7 Å². The quantitative estimate of drug-likeness (QED) is 0.647. The molecule has 0 aliphatic carbocycles. The van der Waals surface area contributed by atoms with Crippen molar-refractivity contribution in [3.63, 3.8) is 0 Å². The Morgan fingerprint density at radius 1 is 0.920 bits per heavy atom. The van der Waals surface area contributed by atoms with Gasteiger partial charge in [-0.2, -0.15) is 0 Å². The molecule has 0 aromatic heterocycles. The maximum Gasteiger partial charge on any atom is 0.182 e. The number of rotatable bonds is 4. The van der Waals surface area contributed by atoms with Crippen LogP contribution in [0.3, 0.4) is 0 Å². The lowest BCUT2D eigenvalue weighted by molar-refractivity contribution is 0.100. The van der Waals surface area contributed by atoms with E-state index in [9.17, 15) is 4.79 Å². The minimum absolute atomic E-state index is 0.0403. The number of benzene rings is 2. The summed E-state index contributed by atoms with van der Waals surface area (Å²) < 4.78 is 0. The largest absolute Gasteiger partial charge is 0.322 e. The third-order valence-corrected chi connectivity index (χ3v) is 4.77. The predicted octanol–water partition coefficient (Wildman–Crippen LogP) is 5.66. The van der Waals surface area contributed by atoms with Gasteiger partial charge >= 0.3 is 0 Å². The fourth-order valence-corrected chi connectivity index (χ4v) is 3.15. The molecule has 5 heteroatoms. The Morgan fingerprint density at radius 2 is 1.56 bits per heavy atom. The maximum absolute atomic E-state index is 12.8. The Balaban J connectivity index is 1.87. The van der Waals surface area contributed by atoms with Crippen molar-refractivity contribution in [1.82, 2.24) is 0 Å². The van der Waals surface area contributed by atoms with Crippen LogP contribution >= 0.6 is 23.2 Å². The molecule has 1 heterocycles. The Hall–Kier alpha value is -1.84. The third kappa shape index (κ3) is 4.83. The van der Waals surface area contributed by atoms with Gasteiger partial charge in [0.2, 0.25) is 0 Å². The van der Waals surface area contributed by atoms with Crippen molar-refractivity contribution in [1.29, 1.82) is 0 Å². The normalized spacial score (nSPS) is 14.6. The number of anilines is 1. The van der Waals surface area contributed by atoms with E-state index in [0.29, 0.717) is 15.6 Å². The Morgan fingerprint density at radius 3 is 2.24 bits per heavy atom. The van der Waals surface area contributed by atoms with Gasteiger partial charge < -0.3 is 4.90 Å². The molecule has 0 amide bonds. The summed E-state index contributed by atoms with van der Waals surface area (Å²) in [5, 5.41) is 1.30. The Kier molecular flexibility index (Phi) is 6.11. The molecule has 0 spiro atoms. The molecule has 2 aromatic carbocycles. The molecule has 0 fully saturated rings. The zero-order valence-electron chi connectivity index (χ0n) is 13.9. The van der Waals surface area contributed by atoms with Crippen LogP contribution in [0.2, 0.25) is 10.0 Å². The van der Waals surface area contributed by atoms with Crippen LogP contribution in [0.5, 0.6) is 0 Å². The van der Waals surface area contributed by atoms with Crippen LogP contribution in [0.15, 0.2) is 53.5 Å². The van der Waals surface area contributed by atoms with Gasteiger partial charge in [0, 0.05) is 34.3 Å². The lowest BCUT2D eigenvalue weighted by atomic mass is 10.1. The zero-order valence-corrected chi connectivity index (χ0v) is 15.4. The molecule has 3 nitrogen and oxygen atoms in total. The summed E-state index contributed by atoms with van der Waals surface area (Å²) in [5.41, 5.74) is 1.59. The van der Waals surface area contributed by atoms with Crippen LogP contribution in [-0.4, -0.2) is 24.7 Å². The van der Waals surface area contributed by atoms with Gasteiger partial charge in [-0.1, -0.05) is 29.6 Å². The van der Waals surface area contributed by atoms with E-state index in [2.05, 4.69) is 0 Å². The molecular formula is C20H20Cl2N2O. The van der Waals surface area contributed by atoms with Gasteiger partial charge in [-0.05, 0) is 61.4 Å². The number of amidine groups is 1. The summed E-state index contributed by atoms with van der Waals surface area (Å²) in [5.74, 6) is 1.01. The summed E-state index contributed by atoms with van der Waals surface area (Å²) in [6.45, 7) is 1.07. The van der Waals surface area contributed by atoms with Crippen LogP contribution in [0.25, 0.3) is 0 Å². The minimum Gasteiger partial charge on any atom is -0.322 e. The number of aliphatic imine (C=N–C) groups is 1. The lowest BCUT2D eigenvalue weighted by Crippen LogP contribution is -2.35. The average Bonchev–Trinajstić information content (AvgIpc) is 2.90. The number of carbonyl (C=O) groups excluding carboxylic acids is 1. The van der Waals surface area contributed by atoms with E-state index in [1.54, 1.807) is 24.3 Å². The standard InChI is InChI=1S/C20H20Cl2N2O/c21-16-7-5-15(6-8-16)19(25)14-24(18-11-9-17(22)10-12-18)20-4-2-1-3-13-23-20/h5-12H,1-4,13-14H2. The molecule has 0 N–H and O–H groups in total. The van der Waals surface area contributed by atoms with E-state index in [0.717, 1.165) is 37.3 Å². The van der Waals surface area contributed by atoms with Crippen LogP contribution in [0.1, 0.15) is 36.0 Å². The number of ketones is 1. The molecular weight excluding hydrogens is 355 g/mol. The highest BCUT2D eigenvalue weighted by Crippen LogP contribution is 2.22. The van der Waals surface area contributed by atoms with Gasteiger partial charge in [-0.25, -0.2) is 0 Å². The van der Waals surface area contributed by atoms with Crippen molar-refractivity contribution in [2.24, 2.45) is 4.99 Å². The first-order chi connectivity index (χ1) is 12.1. The molecule has 0 atom stereocenters. The summed E-state index contributed by atoms with van der Waals surface area (Å²) in [7, 11) is 0. The summed E-state index contributed by atoms with van der Waals surface area (Å²) >= 11 is 11.9. The molecule has 0 unspecified atom stereocenters. The minimum atomic E-state index is 0.0403. The smallest absolute Gasteiger partial charge is 0.182 e. The number of nitrogens with zero attached hydrogens (tertiary/aromatic N) is 2. The van der Waals surface area contributed by atoms with Gasteiger partial charge in [0.25, 0.3) is 0 Å². The second-order valence-electron chi connectivity index (χ2n) is 6.10. The van der Waals surface area contributed by atoms with Gasteiger partial charge in [-0.15, -0.1) is 0 Å². The van der Waals surface area contributed by atoms with Gasteiger partial charge in [0.1, 0.15) is 5.84 Å². The average molecular weight is 375 g/mol. The molecule has 1 aliphatic rings. The van der Waals surface area contributed by atoms with E-state index in [1.807, 2.05) is 29.2 Å². The van der Waals surface area contributed by atoms with Gasteiger partial charge in [0.05, 0.1) is 6.54 Å². The van der Waals surface area contributed by atoms with Gasteiger partial charge in [0.15, 0.2) is 5.78 Å². The second-order valence-corrected chi connectivity index (χ2v) is 6.97. The van der Waals surface area contributed by atoms with Crippen LogP contribution in [-0.2, 0) is 0 Å². The molecule has 0 radical (unpaired) electrons. The first-order valence-electron chi connectivity index (χ1n) is 8.49. The number of Topliss-reactive ketones (excluding diaryl/α,β-unsaturated/α-hetero) is 1. The van der Waals surface area contributed by atoms with E-state index in [1.165, 1.54) is 6.42 Å². The summed E-state index contributed by atoms with van der Waals surface area (Å²) in [6.07, 6.45) is 4.25. The van der Waals surface area contributed by atoms with E-state index >= 15 is 0 Å². The zero-order chi connectivity index (χ0) is 17.6. The monoisotopic (exact) mass is 374 g/mol. The summed E-state index contributed by atoms with van der Waals surface area (Å²) in [6, 6.07) is 14.6. The van der Waals surface area contributed by atoms with Crippen molar-refractivity contribution >= 4 is 40.5 Å². The third-order valence-electron chi connectivity index (χ3n) is 4.27. The predicted molar refractivity (Wildman–Crippen MR) is 105 cm³/mol. The second kappa shape index (κ2) is 8.50. The van der Waals surface area contributed by atoms with E-state index < -0.39 is 0 Å². The van der Waals surface area contributed by atoms with Crippen molar-refractivity contribution < 1.29 is 4.79 Å². The summed E-state index contributed by atoms with van der Waals surface area (Å²) in [4.78, 5) is 19.5. The van der Waals surface area contributed by atoms with Crippen LogP contribution < -0.4 is 4.90 Å². The van der Waals surface area contributed by atoms with Crippen molar-refractivity contribution in [3.8, 4) is 0 Å². The SMILES string of the molecule is O=C(CN(C1=NCCCCC1)c1ccc(Cl)cc1)c1ccc(Cl)cc1. The number of hydrogen-bond acceptors (Lipinski definition) is 3. The van der Waals surface area contributed by atoms with Crippen molar-refractivity contribution in [3.05, 3.63) is 64.1 Å². The van der Waals surface area contributed by atoms with Gasteiger partial charge in [-0.3, -0.25) is 9.79 Å². The molecule has 3 rings (SSSR count). The molecule has 1 aliphatic heterocycles. The maximum atomic E-state index is 12.8. The number of carbonyl (C=O) groups is 1. The lowest BCUT2D eigenvalue weighted by Gasteiger charge is -2.25. The Bertz CT molecular complexity index is 754. The first-order valence-corrected chi connectivity index (χ1v) is 9.24. The highest BCUT2D eigenvalue weighted by atomic mass is 35.5. The van der Waals surface area contributed by atoms with E-state index in [-0.39, 0.29) is 12.3 Å². The molecule has 0 bridgehead atoms. The number of halogens is 2. The molecule has 25 heavy (non-hydrogen) atoms. The van der Waals surface area contributed by atoms with Crippen molar-refractivity contribution in [2.75, 3.05) is 18.0 Å². The highest BCUT2D eigenvalue weighted by Gasteiger charge is 2.19. The first kappa shape index (κ1) is 18.0. The molecule has 2 aromatic rings. The fourth-order valence-electron chi connectivity index (χ4n) is 2.90. The number of hydrogen-bond donors (Lipinski definition) is 0. The molecule has 0 saturated carbocycles.